The molecule has 1 fully saturated rings. The number of methoxy groups -OCH3 is 2. The molecule has 158 valence electrons. The topological polar surface area (TPSA) is 75.2 Å². The molecule has 1 heterocycles. The van der Waals surface area contributed by atoms with Crippen molar-refractivity contribution >= 4 is 53.2 Å². The Morgan fingerprint density at radius 2 is 2.18 bits per heavy atom. The van der Waals surface area contributed by atoms with Crippen LogP contribution < -0.4 is 20.3 Å². The highest BCUT2D eigenvalue weighted by molar-refractivity contribution is 14.0. The molecule has 1 aromatic rings. The summed E-state index contributed by atoms with van der Waals surface area (Å²) in [5, 5.41) is 7.37. The summed E-state index contributed by atoms with van der Waals surface area (Å²) in [4.78, 5) is 18.3. The fourth-order valence-electron chi connectivity index (χ4n) is 3.02. The maximum atomic E-state index is 11.6. The van der Waals surface area contributed by atoms with E-state index in [2.05, 4.69) is 20.5 Å². The molecule has 1 saturated heterocycles. The lowest BCUT2D eigenvalue weighted by molar-refractivity contribution is -0.144. The number of hydrogen-bond acceptors (Lipinski definition) is 5. The Kier molecular flexibility index (Phi) is 10.7. The number of carbonyl (C=O) groups is 1. The summed E-state index contributed by atoms with van der Waals surface area (Å²) in [7, 11) is 3.06. The number of benzene rings is 1. The molecule has 1 aliphatic rings. The van der Waals surface area contributed by atoms with Crippen LogP contribution in [0.4, 0.5) is 5.69 Å². The zero-order chi connectivity index (χ0) is 19.8. The van der Waals surface area contributed by atoms with Crippen LogP contribution in [0.2, 0.25) is 5.02 Å². The molecule has 0 radical (unpaired) electrons. The number of anilines is 1. The minimum absolute atomic E-state index is 0. The van der Waals surface area contributed by atoms with Crippen molar-refractivity contribution in [3.8, 4) is 5.75 Å². The zero-order valence-electron chi connectivity index (χ0n) is 16.8. The van der Waals surface area contributed by atoms with Crippen molar-refractivity contribution in [2.24, 2.45) is 10.9 Å². The predicted octanol–water partition coefficient (Wildman–Crippen LogP) is 2.91. The molecular formula is C19H30ClIN4O3. The first-order valence-electron chi connectivity index (χ1n) is 9.19. The van der Waals surface area contributed by atoms with E-state index in [0.29, 0.717) is 17.5 Å². The van der Waals surface area contributed by atoms with Gasteiger partial charge in [-0.1, -0.05) is 18.5 Å². The number of nitrogens with one attached hydrogen (secondary N) is 2. The van der Waals surface area contributed by atoms with E-state index in [9.17, 15) is 4.79 Å². The smallest absolute Gasteiger partial charge is 0.310 e. The number of esters is 1. The number of guanidine groups is 1. The Balaban J connectivity index is 0.00000392. The van der Waals surface area contributed by atoms with E-state index in [0.717, 1.165) is 37.5 Å². The Bertz CT molecular complexity index is 675. The van der Waals surface area contributed by atoms with Crippen LogP contribution in [0.5, 0.6) is 5.75 Å². The van der Waals surface area contributed by atoms with Crippen LogP contribution in [0.25, 0.3) is 0 Å². The van der Waals surface area contributed by atoms with E-state index in [-0.39, 0.29) is 41.9 Å². The molecule has 0 bridgehead atoms. The number of nitrogens with zero attached hydrogens (tertiary/aromatic N) is 2. The van der Waals surface area contributed by atoms with Gasteiger partial charge in [0.1, 0.15) is 5.75 Å². The van der Waals surface area contributed by atoms with Gasteiger partial charge in [-0.05, 0) is 31.5 Å². The standard InChI is InChI=1S/C19H29ClN4O3.HI/c1-5-21-19(22-11-13(2)18(25)27-4)23-15-8-9-24(12-15)16-10-14(20)6-7-17(16)26-3;/h6-7,10,13,15H,5,8-9,11-12H2,1-4H3,(H2,21,22,23);1H. The van der Waals surface area contributed by atoms with Gasteiger partial charge >= 0.3 is 5.97 Å². The molecule has 0 saturated carbocycles. The fourth-order valence-corrected chi connectivity index (χ4v) is 3.19. The van der Waals surface area contributed by atoms with E-state index in [1.165, 1.54) is 7.11 Å². The van der Waals surface area contributed by atoms with Crippen molar-refractivity contribution < 1.29 is 14.3 Å². The molecule has 2 atom stereocenters. The second-order valence-electron chi connectivity index (χ2n) is 6.54. The van der Waals surface area contributed by atoms with Crippen molar-refractivity contribution in [2.45, 2.75) is 26.3 Å². The average Bonchev–Trinajstić information content (AvgIpc) is 3.13. The summed E-state index contributed by atoms with van der Waals surface area (Å²) >= 11 is 6.16. The number of aliphatic imine (C=N–C) groups is 1. The lowest BCUT2D eigenvalue weighted by Gasteiger charge is -2.22. The quantitative estimate of drug-likeness (QED) is 0.247. The number of hydrogen-bond donors (Lipinski definition) is 2. The summed E-state index contributed by atoms with van der Waals surface area (Å²) < 4.78 is 10.2. The van der Waals surface area contributed by atoms with Crippen LogP contribution in [0.1, 0.15) is 20.3 Å². The highest BCUT2D eigenvalue weighted by atomic mass is 127. The first-order valence-corrected chi connectivity index (χ1v) is 9.57. The van der Waals surface area contributed by atoms with Crippen molar-refractivity contribution in [3.63, 3.8) is 0 Å². The highest BCUT2D eigenvalue weighted by Crippen LogP contribution is 2.33. The van der Waals surface area contributed by atoms with Gasteiger partial charge in [0.05, 0.1) is 32.4 Å². The Morgan fingerprint density at radius 3 is 2.82 bits per heavy atom. The summed E-state index contributed by atoms with van der Waals surface area (Å²) in [5.41, 5.74) is 0.996. The molecule has 0 amide bonds. The molecule has 1 aromatic carbocycles. The summed E-state index contributed by atoms with van der Waals surface area (Å²) in [6.45, 7) is 6.65. The molecule has 7 nitrogen and oxygen atoms in total. The van der Waals surface area contributed by atoms with Crippen molar-refractivity contribution in [2.75, 3.05) is 45.3 Å². The van der Waals surface area contributed by atoms with Crippen LogP contribution in [0.15, 0.2) is 23.2 Å². The van der Waals surface area contributed by atoms with Gasteiger partial charge in [-0.25, -0.2) is 0 Å². The number of halogens is 2. The minimum Gasteiger partial charge on any atom is -0.495 e. The van der Waals surface area contributed by atoms with Crippen LogP contribution in [-0.2, 0) is 9.53 Å². The largest absolute Gasteiger partial charge is 0.495 e. The maximum absolute atomic E-state index is 11.6. The van der Waals surface area contributed by atoms with E-state index >= 15 is 0 Å². The van der Waals surface area contributed by atoms with Gasteiger partial charge in [0.2, 0.25) is 0 Å². The molecular weight excluding hydrogens is 495 g/mol. The SMILES string of the molecule is CCNC(=NCC(C)C(=O)OC)NC1CCN(c2cc(Cl)ccc2OC)C1.I. The maximum Gasteiger partial charge on any atom is 0.310 e. The molecule has 0 aromatic heterocycles. The predicted molar refractivity (Wildman–Crippen MR) is 124 cm³/mol. The fraction of sp³-hybridized carbons (Fsp3) is 0.579. The number of ether oxygens (including phenoxy) is 2. The number of rotatable bonds is 7. The third kappa shape index (κ3) is 6.88. The first kappa shape index (κ1) is 24.6. The zero-order valence-corrected chi connectivity index (χ0v) is 19.9. The van der Waals surface area contributed by atoms with E-state index in [1.54, 1.807) is 7.11 Å². The molecule has 2 unspecified atom stereocenters. The van der Waals surface area contributed by atoms with Gasteiger partial charge in [-0.15, -0.1) is 24.0 Å². The van der Waals surface area contributed by atoms with Crippen LogP contribution >= 0.6 is 35.6 Å². The van der Waals surface area contributed by atoms with E-state index in [1.807, 2.05) is 32.0 Å². The van der Waals surface area contributed by atoms with Gasteiger partial charge < -0.3 is 25.0 Å². The van der Waals surface area contributed by atoms with Gasteiger partial charge in [0, 0.05) is 30.7 Å². The first-order chi connectivity index (χ1) is 13.0. The second-order valence-corrected chi connectivity index (χ2v) is 6.97. The third-order valence-electron chi connectivity index (χ3n) is 4.48. The normalized spacial score (nSPS) is 17.5. The van der Waals surface area contributed by atoms with E-state index < -0.39 is 0 Å². The minimum atomic E-state index is -0.277. The van der Waals surface area contributed by atoms with Gasteiger partial charge in [-0.2, -0.15) is 0 Å². The van der Waals surface area contributed by atoms with Gasteiger partial charge in [-0.3, -0.25) is 9.79 Å². The van der Waals surface area contributed by atoms with Crippen LogP contribution in [0, 0.1) is 5.92 Å². The summed E-state index contributed by atoms with van der Waals surface area (Å²) in [6.07, 6.45) is 0.965. The lowest BCUT2D eigenvalue weighted by Crippen LogP contribution is -2.45. The second kappa shape index (κ2) is 12.2. The van der Waals surface area contributed by atoms with Crippen LogP contribution in [0.3, 0.4) is 0 Å². The summed E-state index contributed by atoms with van der Waals surface area (Å²) in [5.74, 6) is 0.988. The molecule has 1 aliphatic heterocycles. The number of carbonyl (C=O) groups excluding carboxylic acids is 1. The van der Waals surface area contributed by atoms with Crippen molar-refractivity contribution in [1.82, 2.24) is 10.6 Å². The van der Waals surface area contributed by atoms with E-state index in [4.69, 9.17) is 21.1 Å². The monoisotopic (exact) mass is 524 g/mol. The molecule has 28 heavy (non-hydrogen) atoms. The lowest BCUT2D eigenvalue weighted by atomic mass is 10.2. The highest BCUT2D eigenvalue weighted by Gasteiger charge is 2.25. The van der Waals surface area contributed by atoms with Crippen molar-refractivity contribution in [1.29, 1.82) is 0 Å². The average molecular weight is 525 g/mol. The molecule has 0 aliphatic carbocycles. The Hall–Kier alpha value is -1.42. The van der Waals surface area contributed by atoms with Gasteiger partial charge in [0.15, 0.2) is 5.96 Å². The van der Waals surface area contributed by atoms with Crippen LogP contribution in [-0.4, -0.2) is 58.4 Å². The molecule has 9 heteroatoms. The Labute approximate surface area is 189 Å². The van der Waals surface area contributed by atoms with Crippen molar-refractivity contribution in [3.05, 3.63) is 23.2 Å². The molecule has 0 spiro atoms. The van der Waals surface area contributed by atoms with Gasteiger partial charge in [0.25, 0.3) is 0 Å². The molecule has 2 N–H and O–H groups in total. The Morgan fingerprint density at radius 1 is 1.43 bits per heavy atom. The third-order valence-corrected chi connectivity index (χ3v) is 4.72. The molecule has 2 rings (SSSR count). The summed E-state index contributed by atoms with van der Waals surface area (Å²) in [6, 6.07) is 5.88.